The molecule has 14 heavy (non-hydrogen) atoms. The van der Waals surface area contributed by atoms with Gasteiger partial charge < -0.3 is 5.11 Å². The van der Waals surface area contributed by atoms with E-state index in [-0.39, 0.29) is 12.3 Å². The average Bonchev–Trinajstić information content (AvgIpc) is 2.01. The van der Waals surface area contributed by atoms with E-state index in [1.54, 1.807) is 0 Å². The van der Waals surface area contributed by atoms with Gasteiger partial charge in [-0.1, -0.05) is 25.4 Å². The molecule has 1 aromatic rings. The van der Waals surface area contributed by atoms with Gasteiger partial charge in [-0.15, -0.1) is 0 Å². The summed E-state index contributed by atoms with van der Waals surface area (Å²) >= 11 is 5.73. The summed E-state index contributed by atoms with van der Waals surface area (Å²) < 4.78 is 0. The quantitative estimate of drug-likeness (QED) is 0.781. The first-order chi connectivity index (χ1) is 6.49. The maximum atomic E-state index is 10.5. The highest BCUT2D eigenvalue weighted by Gasteiger charge is 2.09. The van der Waals surface area contributed by atoms with E-state index in [4.69, 9.17) is 16.7 Å². The van der Waals surface area contributed by atoms with E-state index in [0.29, 0.717) is 16.7 Å². The molecule has 0 aliphatic rings. The predicted octanol–water partition coefficient (Wildman–Crippen LogP) is 1.88. The molecule has 76 valence electrons. The fourth-order valence-electron chi connectivity index (χ4n) is 0.987. The van der Waals surface area contributed by atoms with Crippen LogP contribution in [0.2, 0.25) is 5.15 Å². The topological polar surface area (TPSA) is 63.1 Å². The van der Waals surface area contributed by atoms with Crippen molar-refractivity contribution < 1.29 is 9.90 Å². The molecule has 1 aromatic heterocycles. The first-order valence-electron chi connectivity index (χ1n) is 4.24. The number of aromatic nitrogens is 2. The van der Waals surface area contributed by atoms with Gasteiger partial charge in [-0.05, 0) is 6.07 Å². The summed E-state index contributed by atoms with van der Waals surface area (Å²) in [5.74, 6) is -0.204. The van der Waals surface area contributed by atoms with Crippen molar-refractivity contribution in [3.8, 4) is 0 Å². The van der Waals surface area contributed by atoms with Crippen molar-refractivity contribution in [3.63, 3.8) is 0 Å². The van der Waals surface area contributed by atoms with Crippen molar-refractivity contribution >= 4 is 17.6 Å². The Hall–Kier alpha value is -1.16. The lowest BCUT2D eigenvalue weighted by Gasteiger charge is -2.05. The van der Waals surface area contributed by atoms with E-state index in [1.165, 1.54) is 6.07 Å². The molecule has 0 atom stereocenters. The van der Waals surface area contributed by atoms with Crippen LogP contribution in [0, 0.1) is 0 Å². The van der Waals surface area contributed by atoms with Gasteiger partial charge >= 0.3 is 5.97 Å². The molecular weight excluding hydrogens is 204 g/mol. The van der Waals surface area contributed by atoms with Crippen molar-refractivity contribution in [2.24, 2.45) is 0 Å². The zero-order chi connectivity index (χ0) is 10.7. The summed E-state index contributed by atoms with van der Waals surface area (Å²) in [6.45, 7) is 3.85. The number of rotatable bonds is 3. The van der Waals surface area contributed by atoms with Crippen molar-refractivity contribution in [2.75, 3.05) is 0 Å². The van der Waals surface area contributed by atoms with Gasteiger partial charge in [0, 0.05) is 5.92 Å². The molecule has 0 saturated heterocycles. The van der Waals surface area contributed by atoms with Crippen LogP contribution in [0.5, 0.6) is 0 Å². The third-order valence-electron chi connectivity index (χ3n) is 1.61. The summed E-state index contributed by atoms with van der Waals surface area (Å²) in [6.07, 6.45) is -0.123. The Morgan fingerprint density at radius 1 is 1.57 bits per heavy atom. The zero-order valence-electron chi connectivity index (χ0n) is 7.99. The largest absolute Gasteiger partial charge is 0.481 e. The number of halogens is 1. The third-order valence-corrected chi connectivity index (χ3v) is 1.81. The molecule has 5 heteroatoms. The zero-order valence-corrected chi connectivity index (χ0v) is 8.75. The lowest BCUT2D eigenvalue weighted by molar-refractivity contribution is -0.136. The summed E-state index contributed by atoms with van der Waals surface area (Å²) in [4.78, 5) is 18.6. The highest BCUT2D eigenvalue weighted by atomic mass is 35.5. The van der Waals surface area contributed by atoms with Gasteiger partial charge in [-0.25, -0.2) is 9.97 Å². The van der Waals surface area contributed by atoms with E-state index in [2.05, 4.69) is 9.97 Å². The summed E-state index contributed by atoms with van der Waals surface area (Å²) in [7, 11) is 0. The summed E-state index contributed by atoms with van der Waals surface area (Å²) in [5.41, 5.74) is 0.446. The molecule has 1 N–H and O–H groups in total. The third kappa shape index (κ3) is 2.96. The summed E-state index contributed by atoms with van der Waals surface area (Å²) in [5, 5.41) is 8.88. The van der Waals surface area contributed by atoms with Crippen LogP contribution in [0.25, 0.3) is 0 Å². The van der Waals surface area contributed by atoms with E-state index in [1.807, 2.05) is 13.8 Å². The van der Waals surface area contributed by atoms with Gasteiger partial charge in [0.05, 0.1) is 12.1 Å². The van der Waals surface area contributed by atoms with Crippen molar-refractivity contribution in [2.45, 2.75) is 26.2 Å². The van der Waals surface area contributed by atoms with Gasteiger partial charge in [-0.3, -0.25) is 4.79 Å². The molecule has 0 bridgehead atoms. The first kappa shape index (κ1) is 10.9. The smallest absolute Gasteiger partial charge is 0.309 e. The molecule has 0 spiro atoms. The minimum atomic E-state index is -0.922. The molecular formula is C9H11ClN2O2. The molecule has 4 nitrogen and oxygen atoms in total. The van der Waals surface area contributed by atoms with Gasteiger partial charge in [0.2, 0.25) is 0 Å². The van der Waals surface area contributed by atoms with Crippen molar-refractivity contribution in [1.29, 1.82) is 0 Å². The standard InChI is InChI=1S/C9H11ClN2O2/c1-5(2)9-11-6(4-8(13)14)3-7(10)12-9/h3,5H,4H2,1-2H3,(H,13,14). The molecule has 0 aromatic carbocycles. The van der Waals surface area contributed by atoms with Gasteiger partial charge in [0.15, 0.2) is 0 Å². The fourth-order valence-corrected chi connectivity index (χ4v) is 1.20. The Bertz CT molecular complexity index is 353. The predicted molar refractivity (Wildman–Crippen MR) is 52.5 cm³/mol. The van der Waals surface area contributed by atoms with Crippen LogP contribution in [0.3, 0.4) is 0 Å². The Labute approximate surface area is 87.0 Å². The van der Waals surface area contributed by atoms with Gasteiger partial charge in [0.25, 0.3) is 0 Å². The molecule has 0 aliphatic heterocycles. The number of carboxylic acid groups (broad SMARTS) is 1. The SMILES string of the molecule is CC(C)c1nc(Cl)cc(CC(=O)O)n1. The summed E-state index contributed by atoms with van der Waals surface area (Å²) in [6, 6.07) is 1.47. The second-order valence-corrected chi connectivity index (χ2v) is 3.65. The molecule has 1 rings (SSSR count). The molecule has 1 heterocycles. The van der Waals surface area contributed by atoms with Crippen LogP contribution < -0.4 is 0 Å². The molecule has 0 amide bonds. The average molecular weight is 215 g/mol. The number of aliphatic carboxylic acids is 1. The fraction of sp³-hybridized carbons (Fsp3) is 0.444. The lowest BCUT2D eigenvalue weighted by Crippen LogP contribution is -2.06. The second-order valence-electron chi connectivity index (χ2n) is 3.27. The van der Waals surface area contributed by atoms with Crippen molar-refractivity contribution in [1.82, 2.24) is 9.97 Å². The van der Waals surface area contributed by atoms with Crippen LogP contribution in [-0.2, 0) is 11.2 Å². The number of carboxylic acids is 1. The van der Waals surface area contributed by atoms with Crippen LogP contribution >= 0.6 is 11.6 Å². The van der Waals surface area contributed by atoms with E-state index >= 15 is 0 Å². The molecule has 0 saturated carbocycles. The normalized spacial score (nSPS) is 10.6. The number of carbonyl (C=O) groups is 1. The van der Waals surface area contributed by atoms with Crippen LogP contribution in [0.1, 0.15) is 31.3 Å². The molecule has 0 unspecified atom stereocenters. The molecule has 0 fully saturated rings. The van der Waals surface area contributed by atoms with Gasteiger partial charge in [0.1, 0.15) is 11.0 Å². The molecule has 0 aliphatic carbocycles. The van der Waals surface area contributed by atoms with E-state index in [9.17, 15) is 4.79 Å². The van der Waals surface area contributed by atoms with Crippen LogP contribution in [-0.4, -0.2) is 21.0 Å². The number of hydrogen-bond donors (Lipinski definition) is 1. The Balaban J connectivity index is 3.01. The van der Waals surface area contributed by atoms with Crippen molar-refractivity contribution in [3.05, 3.63) is 22.7 Å². The first-order valence-corrected chi connectivity index (χ1v) is 4.62. The number of hydrogen-bond acceptors (Lipinski definition) is 3. The highest BCUT2D eigenvalue weighted by Crippen LogP contribution is 2.14. The molecule has 0 radical (unpaired) electrons. The minimum Gasteiger partial charge on any atom is -0.481 e. The Morgan fingerprint density at radius 3 is 2.71 bits per heavy atom. The Kier molecular flexibility index (Phi) is 3.41. The maximum Gasteiger partial charge on any atom is 0.309 e. The minimum absolute atomic E-state index is 0.123. The highest BCUT2D eigenvalue weighted by molar-refractivity contribution is 6.29. The Morgan fingerprint density at radius 2 is 2.21 bits per heavy atom. The van der Waals surface area contributed by atoms with E-state index in [0.717, 1.165) is 0 Å². The van der Waals surface area contributed by atoms with Gasteiger partial charge in [-0.2, -0.15) is 0 Å². The monoisotopic (exact) mass is 214 g/mol. The van der Waals surface area contributed by atoms with Crippen LogP contribution in [0.15, 0.2) is 6.07 Å². The lowest BCUT2D eigenvalue weighted by atomic mass is 10.2. The second kappa shape index (κ2) is 4.37. The van der Waals surface area contributed by atoms with Crippen LogP contribution in [0.4, 0.5) is 0 Å². The van der Waals surface area contributed by atoms with E-state index < -0.39 is 5.97 Å². The maximum absolute atomic E-state index is 10.5. The number of nitrogens with zero attached hydrogens (tertiary/aromatic N) is 2.